The Hall–Kier alpha value is -3.23. The zero-order valence-corrected chi connectivity index (χ0v) is 16.9. The Labute approximate surface area is 173 Å². The molecule has 0 spiro atoms. The molecule has 1 aliphatic heterocycles. The van der Waals surface area contributed by atoms with Crippen LogP contribution in [0.15, 0.2) is 53.3 Å². The minimum Gasteiger partial charge on any atom is -0.379 e. The Morgan fingerprint density at radius 1 is 1.03 bits per heavy atom. The van der Waals surface area contributed by atoms with E-state index in [1.807, 2.05) is 34.7 Å². The molecule has 8 nitrogen and oxygen atoms in total. The topological polar surface area (TPSA) is 76.7 Å². The van der Waals surface area contributed by atoms with Crippen LogP contribution in [0.1, 0.15) is 11.4 Å². The van der Waals surface area contributed by atoms with E-state index >= 15 is 0 Å². The van der Waals surface area contributed by atoms with Gasteiger partial charge in [-0.2, -0.15) is 0 Å². The van der Waals surface area contributed by atoms with Crippen LogP contribution < -0.4 is 10.9 Å². The first kappa shape index (κ1) is 18.8. The van der Waals surface area contributed by atoms with Crippen molar-refractivity contribution in [2.45, 2.75) is 13.1 Å². The van der Waals surface area contributed by atoms with Crippen LogP contribution in [0.4, 0.5) is 5.69 Å². The quantitative estimate of drug-likeness (QED) is 0.549. The summed E-state index contributed by atoms with van der Waals surface area (Å²) < 4.78 is 8.96. The number of morpholine rings is 1. The number of hydrogen-bond donors (Lipinski definition) is 1. The first-order valence-corrected chi connectivity index (χ1v) is 10.2. The standard InChI is InChI=1S/C22H24N6O2/c1-26-21(29)17-7-3-5-9-19(17)28-20(24-25-22(26)28)14-23-18-8-4-2-6-16(18)15-27-10-12-30-13-11-27/h2-9,23H,10-15H2,1H3. The number of fused-ring (bicyclic) bond motifs is 3. The third-order valence-electron chi connectivity index (χ3n) is 5.64. The number of para-hydroxylation sites is 2. The van der Waals surface area contributed by atoms with E-state index in [1.54, 1.807) is 11.6 Å². The summed E-state index contributed by atoms with van der Waals surface area (Å²) in [6, 6.07) is 15.9. The summed E-state index contributed by atoms with van der Waals surface area (Å²) in [4.78, 5) is 15.0. The number of aryl methyl sites for hydroxylation is 1. The summed E-state index contributed by atoms with van der Waals surface area (Å²) in [7, 11) is 1.73. The molecular weight excluding hydrogens is 380 g/mol. The maximum atomic E-state index is 12.6. The first-order valence-electron chi connectivity index (χ1n) is 10.2. The van der Waals surface area contributed by atoms with Gasteiger partial charge in [-0.3, -0.25) is 18.7 Å². The van der Waals surface area contributed by atoms with Crippen LogP contribution in [0.2, 0.25) is 0 Å². The van der Waals surface area contributed by atoms with Crippen LogP contribution in [0.5, 0.6) is 0 Å². The number of hydrogen-bond acceptors (Lipinski definition) is 6. The Morgan fingerprint density at radius 3 is 2.67 bits per heavy atom. The van der Waals surface area contributed by atoms with E-state index in [9.17, 15) is 4.79 Å². The lowest BCUT2D eigenvalue weighted by Crippen LogP contribution is -2.35. The zero-order valence-electron chi connectivity index (χ0n) is 16.9. The van der Waals surface area contributed by atoms with Gasteiger partial charge in [-0.05, 0) is 23.8 Å². The van der Waals surface area contributed by atoms with Gasteiger partial charge >= 0.3 is 0 Å². The molecule has 2 aromatic heterocycles. The largest absolute Gasteiger partial charge is 0.379 e. The molecule has 1 N–H and O–H groups in total. The number of aromatic nitrogens is 4. The summed E-state index contributed by atoms with van der Waals surface area (Å²) in [6.07, 6.45) is 0. The minimum absolute atomic E-state index is 0.0686. The molecule has 4 aromatic rings. The summed E-state index contributed by atoms with van der Waals surface area (Å²) in [5, 5.41) is 12.8. The average Bonchev–Trinajstić information content (AvgIpc) is 3.22. The average molecular weight is 404 g/mol. The molecule has 0 unspecified atom stereocenters. The van der Waals surface area contributed by atoms with Gasteiger partial charge in [0.2, 0.25) is 5.78 Å². The molecule has 154 valence electrons. The molecule has 0 aliphatic carbocycles. The highest BCUT2D eigenvalue weighted by atomic mass is 16.5. The van der Waals surface area contributed by atoms with Crippen molar-refractivity contribution < 1.29 is 4.74 Å². The number of rotatable bonds is 5. The van der Waals surface area contributed by atoms with Crippen LogP contribution in [0.25, 0.3) is 16.7 Å². The molecule has 0 amide bonds. The molecule has 8 heteroatoms. The molecule has 0 radical (unpaired) electrons. The van der Waals surface area contributed by atoms with Gasteiger partial charge in [0, 0.05) is 32.4 Å². The van der Waals surface area contributed by atoms with E-state index in [0.717, 1.165) is 49.9 Å². The van der Waals surface area contributed by atoms with Gasteiger partial charge in [-0.1, -0.05) is 30.3 Å². The fourth-order valence-electron chi connectivity index (χ4n) is 4.01. The molecule has 5 rings (SSSR count). The predicted octanol–water partition coefficient (Wildman–Crippen LogP) is 2.03. The SMILES string of the molecule is Cn1c(=O)c2ccccc2n2c(CNc3ccccc3CN3CCOCC3)nnc12. The van der Waals surface area contributed by atoms with Crippen molar-refractivity contribution in [2.24, 2.45) is 7.05 Å². The Morgan fingerprint density at radius 2 is 1.80 bits per heavy atom. The van der Waals surface area contributed by atoms with Crippen molar-refractivity contribution >= 4 is 22.4 Å². The molecule has 0 atom stereocenters. The van der Waals surface area contributed by atoms with Gasteiger partial charge in [0.25, 0.3) is 5.56 Å². The molecule has 1 aliphatic rings. The van der Waals surface area contributed by atoms with E-state index in [0.29, 0.717) is 17.7 Å². The summed E-state index contributed by atoms with van der Waals surface area (Å²) in [5.41, 5.74) is 3.07. The number of nitrogens with zero attached hydrogens (tertiary/aromatic N) is 5. The highest BCUT2D eigenvalue weighted by Crippen LogP contribution is 2.20. The second-order valence-corrected chi connectivity index (χ2v) is 7.53. The van der Waals surface area contributed by atoms with E-state index in [1.165, 1.54) is 5.56 Å². The van der Waals surface area contributed by atoms with Crippen LogP contribution in [-0.4, -0.2) is 50.4 Å². The van der Waals surface area contributed by atoms with Crippen molar-refractivity contribution in [3.05, 3.63) is 70.3 Å². The van der Waals surface area contributed by atoms with Crippen LogP contribution in [0, 0.1) is 0 Å². The molecule has 30 heavy (non-hydrogen) atoms. The number of anilines is 1. The fourth-order valence-corrected chi connectivity index (χ4v) is 4.01. The summed E-state index contributed by atoms with van der Waals surface area (Å²) in [5.74, 6) is 1.30. The second-order valence-electron chi connectivity index (χ2n) is 7.53. The second kappa shape index (κ2) is 7.89. The Kier molecular flexibility index (Phi) is 4.94. The highest BCUT2D eigenvalue weighted by molar-refractivity contribution is 5.80. The van der Waals surface area contributed by atoms with E-state index in [2.05, 4.69) is 38.6 Å². The van der Waals surface area contributed by atoms with Crippen LogP contribution in [0.3, 0.4) is 0 Å². The number of ether oxygens (including phenoxy) is 1. The third kappa shape index (κ3) is 3.34. The van der Waals surface area contributed by atoms with Gasteiger partial charge in [0.15, 0.2) is 5.82 Å². The van der Waals surface area contributed by atoms with Crippen LogP contribution in [-0.2, 0) is 24.9 Å². The zero-order chi connectivity index (χ0) is 20.5. The lowest BCUT2D eigenvalue weighted by molar-refractivity contribution is 0.0342. The van der Waals surface area contributed by atoms with Crippen molar-refractivity contribution in [1.29, 1.82) is 0 Å². The van der Waals surface area contributed by atoms with Gasteiger partial charge in [0.1, 0.15) is 0 Å². The normalized spacial score (nSPS) is 15.1. The fraction of sp³-hybridized carbons (Fsp3) is 0.318. The molecule has 1 fully saturated rings. The highest BCUT2D eigenvalue weighted by Gasteiger charge is 2.16. The maximum absolute atomic E-state index is 12.6. The number of benzene rings is 2. The van der Waals surface area contributed by atoms with Gasteiger partial charge < -0.3 is 10.1 Å². The Balaban J connectivity index is 1.46. The lowest BCUT2D eigenvalue weighted by atomic mass is 10.1. The smallest absolute Gasteiger partial charge is 0.262 e. The molecular formula is C22H24N6O2. The van der Waals surface area contributed by atoms with Crippen molar-refractivity contribution in [2.75, 3.05) is 31.6 Å². The van der Waals surface area contributed by atoms with Gasteiger partial charge in [-0.15, -0.1) is 10.2 Å². The van der Waals surface area contributed by atoms with Gasteiger partial charge in [0.05, 0.1) is 30.7 Å². The maximum Gasteiger partial charge on any atom is 0.262 e. The predicted molar refractivity (Wildman–Crippen MR) is 116 cm³/mol. The molecule has 2 aromatic carbocycles. The van der Waals surface area contributed by atoms with Crippen molar-refractivity contribution in [3.8, 4) is 0 Å². The van der Waals surface area contributed by atoms with Crippen molar-refractivity contribution in [1.82, 2.24) is 24.1 Å². The minimum atomic E-state index is -0.0686. The first-order chi connectivity index (χ1) is 14.7. The number of nitrogens with one attached hydrogen (secondary N) is 1. The third-order valence-corrected chi connectivity index (χ3v) is 5.64. The monoisotopic (exact) mass is 404 g/mol. The van der Waals surface area contributed by atoms with Crippen LogP contribution >= 0.6 is 0 Å². The van der Waals surface area contributed by atoms with E-state index < -0.39 is 0 Å². The van der Waals surface area contributed by atoms with Gasteiger partial charge in [-0.25, -0.2) is 0 Å². The van der Waals surface area contributed by atoms with E-state index in [4.69, 9.17) is 4.74 Å². The molecule has 3 heterocycles. The molecule has 0 saturated carbocycles. The molecule has 0 bridgehead atoms. The lowest BCUT2D eigenvalue weighted by Gasteiger charge is -2.27. The Bertz CT molecular complexity index is 1260. The molecule has 1 saturated heterocycles. The summed E-state index contributed by atoms with van der Waals surface area (Å²) in [6.45, 7) is 4.85. The van der Waals surface area contributed by atoms with Crippen molar-refractivity contribution in [3.63, 3.8) is 0 Å². The van der Waals surface area contributed by atoms with E-state index in [-0.39, 0.29) is 5.56 Å². The summed E-state index contributed by atoms with van der Waals surface area (Å²) >= 11 is 0.